The highest BCUT2D eigenvalue weighted by Crippen LogP contribution is 2.47. The van der Waals surface area contributed by atoms with Gasteiger partial charge in [0, 0.05) is 24.4 Å². The van der Waals surface area contributed by atoms with Crippen LogP contribution in [0.25, 0.3) is 0 Å². The van der Waals surface area contributed by atoms with Gasteiger partial charge in [-0.3, -0.25) is 4.79 Å². The van der Waals surface area contributed by atoms with Crippen LogP contribution in [0, 0.1) is 0 Å². The van der Waals surface area contributed by atoms with Gasteiger partial charge in [-0.2, -0.15) is 0 Å². The number of nitrogens with zero attached hydrogens (tertiary/aromatic N) is 1. The van der Waals surface area contributed by atoms with E-state index in [1.54, 1.807) is 0 Å². The number of rotatable bonds is 3. The lowest BCUT2D eigenvalue weighted by atomic mass is 10.2. The molecule has 2 aliphatic carbocycles. The molecule has 0 unspecified atom stereocenters. The summed E-state index contributed by atoms with van der Waals surface area (Å²) in [5.41, 5.74) is 3.24. The summed E-state index contributed by atoms with van der Waals surface area (Å²) in [7, 11) is 2.07. The quantitative estimate of drug-likeness (QED) is 0.722. The average molecular weight is 224 g/mol. The SMILES string of the molecule is Cn1c(C2CC2)cc(C(=O)Cl)c1C1CC1. The van der Waals surface area contributed by atoms with Gasteiger partial charge in [-0.15, -0.1) is 0 Å². The third-order valence-corrected chi connectivity index (χ3v) is 3.69. The van der Waals surface area contributed by atoms with Crippen LogP contribution in [-0.4, -0.2) is 9.81 Å². The molecular weight excluding hydrogens is 210 g/mol. The molecule has 15 heavy (non-hydrogen) atoms. The van der Waals surface area contributed by atoms with Crippen LogP contribution in [0.3, 0.4) is 0 Å². The molecule has 1 heterocycles. The van der Waals surface area contributed by atoms with E-state index in [-0.39, 0.29) is 5.24 Å². The molecule has 0 aliphatic heterocycles. The van der Waals surface area contributed by atoms with Crippen molar-refractivity contribution in [1.82, 2.24) is 4.57 Å². The minimum Gasteiger partial charge on any atom is -0.350 e. The maximum atomic E-state index is 11.4. The van der Waals surface area contributed by atoms with Gasteiger partial charge in [0.05, 0.1) is 5.56 Å². The first-order valence-corrected chi connectivity index (χ1v) is 5.95. The normalized spacial score (nSPS) is 20.7. The van der Waals surface area contributed by atoms with Crippen molar-refractivity contribution in [3.63, 3.8) is 0 Å². The highest BCUT2D eigenvalue weighted by molar-refractivity contribution is 6.68. The predicted octanol–water partition coefficient (Wildman–Crippen LogP) is 3.16. The first-order chi connectivity index (χ1) is 7.18. The van der Waals surface area contributed by atoms with Crippen molar-refractivity contribution in [2.24, 2.45) is 7.05 Å². The van der Waals surface area contributed by atoms with Crippen LogP contribution < -0.4 is 0 Å². The molecule has 0 radical (unpaired) electrons. The minimum atomic E-state index is -0.292. The lowest BCUT2D eigenvalue weighted by Crippen LogP contribution is -2.01. The molecule has 0 amide bonds. The molecule has 2 aliphatic rings. The van der Waals surface area contributed by atoms with Crippen LogP contribution in [0.2, 0.25) is 0 Å². The smallest absolute Gasteiger partial charge is 0.254 e. The molecule has 2 saturated carbocycles. The van der Waals surface area contributed by atoms with E-state index in [1.165, 1.54) is 37.1 Å². The fraction of sp³-hybridized carbons (Fsp3) is 0.583. The molecule has 80 valence electrons. The molecule has 0 atom stereocenters. The van der Waals surface area contributed by atoms with E-state index in [4.69, 9.17) is 11.6 Å². The maximum absolute atomic E-state index is 11.4. The molecule has 0 saturated heterocycles. The Labute approximate surface area is 94.2 Å². The minimum absolute atomic E-state index is 0.292. The molecule has 0 N–H and O–H groups in total. The van der Waals surface area contributed by atoms with Gasteiger partial charge >= 0.3 is 0 Å². The largest absolute Gasteiger partial charge is 0.350 e. The monoisotopic (exact) mass is 223 g/mol. The molecule has 2 fully saturated rings. The number of hydrogen-bond donors (Lipinski definition) is 0. The Kier molecular flexibility index (Phi) is 1.96. The first-order valence-electron chi connectivity index (χ1n) is 5.58. The zero-order valence-corrected chi connectivity index (χ0v) is 9.55. The van der Waals surface area contributed by atoms with Gasteiger partial charge < -0.3 is 4.57 Å². The third-order valence-electron chi connectivity index (χ3n) is 3.49. The molecule has 0 spiro atoms. The van der Waals surface area contributed by atoms with Crippen molar-refractivity contribution in [3.05, 3.63) is 23.0 Å². The van der Waals surface area contributed by atoms with Crippen LogP contribution in [0.1, 0.15) is 59.3 Å². The lowest BCUT2D eigenvalue weighted by molar-refractivity contribution is 0.108. The maximum Gasteiger partial charge on any atom is 0.254 e. The molecule has 1 aromatic rings. The van der Waals surface area contributed by atoms with E-state index in [1.807, 2.05) is 6.07 Å². The Balaban J connectivity index is 2.10. The molecule has 1 aromatic heterocycles. The van der Waals surface area contributed by atoms with Crippen LogP contribution >= 0.6 is 11.6 Å². The lowest BCUT2D eigenvalue weighted by Gasteiger charge is -2.06. The van der Waals surface area contributed by atoms with E-state index in [2.05, 4.69) is 11.6 Å². The van der Waals surface area contributed by atoms with Gasteiger partial charge in [-0.1, -0.05) is 0 Å². The summed E-state index contributed by atoms with van der Waals surface area (Å²) in [6.07, 6.45) is 4.94. The van der Waals surface area contributed by atoms with Crippen LogP contribution in [0.5, 0.6) is 0 Å². The van der Waals surface area contributed by atoms with Crippen LogP contribution in [0.15, 0.2) is 6.07 Å². The zero-order chi connectivity index (χ0) is 10.6. The van der Waals surface area contributed by atoms with E-state index in [9.17, 15) is 4.79 Å². The molecule has 0 aromatic carbocycles. The highest BCUT2D eigenvalue weighted by Gasteiger charge is 2.35. The second-order valence-electron chi connectivity index (χ2n) is 4.75. The van der Waals surface area contributed by atoms with Crippen molar-refractivity contribution in [1.29, 1.82) is 0 Å². The van der Waals surface area contributed by atoms with Crippen LogP contribution in [-0.2, 0) is 7.05 Å². The fourth-order valence-electron chi connectivity index (χ4n) is 2.42. The van der Waals surface area contributed by atoms with Gasteiger partial charge in [0.15, 0.2) is 0 Å². The average Bonchev–Trinajstić information content (AvgIpc) is 3.06. The zero-order valence-electron chi connectivity index (χ0n) is 8.79. The summed E-state index contributed by atoms with van der Waals surface area (Å²) in [6, 6.07) is 2.01. The molecule has 3 rings (SSSR count). The van der Waals surface area contributed by atoms with Crippen molar-refractivity contribution in [3.8, 4) is 0 Å². The first kappa shape index (κ1) is 9.46. The Morgan fingerprint density at radius 1 is 1.33 bits per heavy atom. The van der Waals surface area contributed by atoms with E-state index in [0.29, 0.717) is 11.8 Å². The molecule has 3 heteroatoms. The van der Waals surface area contributed by atoms with Crippen molar-refractivity contribution in [2.75, 3.05) is 0 Å². The predicted molar refractivity (Wildman–Crippen MR) is 59.5 cm³/mol. The van der Waals surface area contributed by atoms with Gasteiger partial charge in [0.1, 0.15) is 0 Å². The van der Waals surface area contributed by atoms with E-state index in [0.717, 1.165) is 5.56 Å². The van der Waals surface area contributed by atoms with Crippen molar-refractivity contribution in [2.45, 2.75) is 37.5 Å². The molecule has 2 nitrogen and oxygen atoms in total. The second kappa shape index (κ2) is 3.11. The Hall–Kier alpha value is -0.760. The summed E-state index contributed by atoms with van der Waals surface area (Å²) < 4.78 is 2.21. The van der Waals surface area contributed by atoms with Gasteiger partial charge in [-0.25, -0.2) is 0 Å². The Morgan fingerprint density at radius 2 is 1.93 bits per heavy atom. The highest BCUT2D eigenvalue weighted by atomic mass is 35.5. The number of carbonyl (C=O) groups is 1. The van der Waals surface area contributed by atoms with Gasteiger partial charge in [0.25, 0.3) is 5.24 Å². The van der Waals surface area contributed by atoms with Gasteiger partial charge in [0.2, 0.25) is 0 Å². The summed E-state index contributed by atoms with van der Waals surface area (Å²) in [5.74, 6) is 1.26. The summed E-state index contributed by atoms with van der Waals surface area (Å²) in [4.78, 5) is 11.4. The number of aromatic nitrogens is 1. The number of hydrogen-bond acceptors (Lipinski definition) is 1. The Morgan fingerprint density at radius 3 is 2.40 bits per heavy atom. The van der Waals surface area contributed by atoms with E-state index >= 15 is 0 Å². The summed E-state index contributed by atoms with van der Waals surface area (Å²) in [5, 5.41) is -0.292. The van der Waals surface area contributed by atoms with Crippen molar-refractivity contribution >= 4 is 16.8 Å². The Bertz CT molecular complexity index is 427. The standard InChI is InChI=1S/C12H14ClNO/c1-14-10(7-2-3-7)6-9(12(13)15)11(14)8-4-5-8/h6-8H,2-5H2,1H3. The molecular formula is C12H14ClNO. The summed E-state index contributed by atoms with van der Waals surface area (Å²) >= 11 is 5.64. The summed E-state index contributed by atoms with van der Waals surface area (Å²) in [6.45, 7) is 0. The molecule has 0 bridgehead atoms. The van der Waals surface area contributed by atoms with E-state index < -0.39 is 0 Å². The van der Waals surface area contributed by atoms with Crippen LogP contribution in [0.4, 0.5) is 0 Å². The second-order valence-corrected chi connectivity index (χ2v) is 5.09. The topological polar surface area (TPSA) is 22.0 Å². The van der Waals surface area contributed by atoms with Gasteiger partial charge in [-0.05, 0) is 49.3 Å². The van der Waals surface area contributed by atoms with Crippen molar-refractivity contribution < 1.29 is 4.79 Å². The number of carbonyl (C=O) groups excluding carboxylic acids is 1. The third kappa shape index (κ3) is 1.51. The fourth-order valence-corrected chi connectivity index (χ4v) is 2.57. The number of halogens is 1.